The molecule has 0 radical (unpaired) electrons. The molecule has 0 aliphatic carbocycles. The van der Waals surface area contributed by atoms with Gasteiger partial charge in [0.05, 0.1) is 6.42 Å². The predicted octanol–water partition coefficient (Wildman–Crippen LogP) is 2.31. The number of benzene rings is 1. The van der Waals surface area contributed by atoms with Crippen LogP contribution >= 0.6 is 12.4 Å². The average Bonchev–Trinajstić information content (AvgIpc) is 2.18. The van der Waals surface area contributed by atoms with Crippen LogP contribution < -0.4 is 5.73 Å². The van der Waals surface area contributed by atoms with E-state index >= 15 is 0 Å². The summed E-state index contributed by atoms with van der Waals surface area (Å²) in [6.45, 7) is 0. The first-order valence-electron chi connectivity index (χ1n) is 4.87. The van der Waals surface area contributed by atoms with E-state index in [1.165, 1.54) is 0 Å². The highest BCUT2D eigenvalue weighted by Gasteiger charge is 2.04. The molecule has 0 heterocycles. The van der Waals surface area contributed by atoms with Crippen molar-refractivity contribution in [2.24, 2.45) is 5.73 Å². The summed E-state index contributed by atoms with van der Waals surface area (Å²) >= 11 is 0. The predicted molar refractivity (Wildman–Crippen MR) is 67.6 cm³/mol. The standard InChI is InChI=1S/C12H15NO2.ClH/c13-11(9-12(14)15)8-4-7-10-5-2-1-3-6-10;/h1-7,11H,8-9,13H2,(H,14,15);1H/t11-;/m1./s1. The Bertz CT molecular complexity index is 338. The summed E-state index contributed by atoms with van der Waals surface area (Å²) in [5, 5.41) is 8.50. The molecule has 0 aliphatic heterocycles. The molecule has 0 saturated carbocycles. The van der Waals surface area contributed by atoms with Gasteiger partial charge in [-0.05, 0) is 12.0 Å². The van der Waals surface area contributed by atoms with E-state index in [0.29, 0.717) is 6.42 Å². The van der Waals surface area contributed by atoms with E-state index in [1.807, 2.05) is 42.5 Å². The number of rotatable bonds is 5. The third kappa shape index (κ3) is 6.22. The number of nitrogens with two attached hydrogens (primary N) is 1. The van der Waals surface area contributed by atoms with E-state index in [0.717, 1.165) is 5.56 Å². The summed E-state index contributed by atoms with van der Waals surface area (Å²) in [4.78, 5) is 10.3. The molecule has 1 aromatic rings. The van der Waals surface area contributed by atoms with E-state index in [1.54, 1.807) is 0 Å². The van der Waals surface area contributed by atoms with Crippen molar-refractivity contribution in [2.45, 2.75) is 18.9 Å². The van der Waals surface area contributed by atoms with Crippen LogP contribution in [0.5, 0.6) is 0 Å². The second-order valence-corrected chi connectivity index (χ2v) is 3.41. The lowest BCUT2D eigenvalue weighted by Gasteiger charge is -2.03. The van der Waals surface area contributed by atoms with Crippen molar-refractivity contribution >= 4 is 24.5 Å². The maximum Gasteiger partial charge on any atom is 0.304 e. The fourth-order valence-electron chi connectivity index (χ4n) is 1.25. The third-order valence-electron chi connectivity index (χ3n) is 1.99. The minimum absolute atomic E-state index is 0. The van der Waals surface area contributed by atoms with E-state index < -0.39 is 5.97 Å². The molecule has 1 rings (SSSR count). The molecule has 0 unspecified atom stereocenters. The monoisotopic (exact) mass is 241 g/mol. The maximum atomic E-state index is 10.3. The van der Waals surface area contributed by atoms with Crippen LogP contribution in [0.3, 0.4) is 0 Å². The Balaban J connectivity index is 0.00000225. The van der Waals surface area contributed by atoms with Gasteiger partial charge in [-0.2, -0.15) is 0 Å². The zero-order valence-electron chi connectivity index (χ0n) is 8.87. The smallest absolute Gasteiger partial charge is 0.304 e. The summed E-state index contributed by atoms with van der Waals surface area (Å²) in [6.07, 6.45) is 4.45. The Hall–Kier alpha value is -1.32. The van der Waals surface area contributed by atoms with Gasteiger partial charge in [-0.1, -0.05) is 42.5 Å². The van der Waals surface area contributed by atoms with Gasteiger partial charge >= 0.3 is 5.97 Å². The molecule has 4 heteroatoms. The number of carboxylic acid groups (broad SMARTS) is 1. The number of hydrogen-bond donors (Lipinski definition) is 2. The van der Waals surface area contributed by atoms with Gasteiger partial charge in [0.25, 0.3) is 0 Å². The van der Waals surface area contributed by atoms with Crippen LogP contribution in [0.4, 0.5) is 0 Å². The molecule has 16 heavy (non-hydrogen) atoms. The Morgan fingerprint density at radius 2 is 2.00 bits per heavy atom. The minimum Gasteiger partial charge on any atom is -0.481 e. The van der Waals surface area contributed by atoms with E-state index in [2.05, 4.69) is 0 Å². The van der Waals surface area contributed by atoms with Crippen LogP contribution in [0.2, 0.25) is 0 Å². The van der Waals surface area contributed by atoms with E-state index in [4.69, 9.17) is 10.8 Å². The molecule has 0 saturated heterocycles. The number of hydrogen-bond acceptors (Lipinski definition) is 2. The van der Waals surface area contributed by atoms with Gasteiger partial charge < -0.3 is 10.8 Å². The van der Waals surface area contributed by atoms with Crippen LogP contribution in [0.25, 0.3) is 6.08 Å². The van der Waals surface area contributed by atoms with Gasteiger partial charge in [0.15, 0.2) is 0 Å². The molecule has 0 spiro atoms. The Labute approximate surface area is 101 Å². The first-order chi connectivity index (χ1) is 7.18. The van der Waals surface area contributed by atoms with Gasteiger partial charge in [-0.25, -0.2) is 0 Å². The molecule has 88 valence electrons. The highest BCUT2D eigenvalue weighted by atomic mass is 35.5. The molecular formula is C12H16ClNO2. The van der Waals surface area contributed by atoms with Gasteiger partial charge in [-0.15, -0.1) is 12.4 Å². The summed E-state index contributed by atoms with van der Waals surface area (Å²) in [5.41, 5.74) is 6.70. The summed E-state index contributed by atoms with van der Waals surface area (Å²) < 4.78 is 0. The van der Waals surface area contributed by atoms with Crippen molar-refractivity contribution in [1.82, 2.24) is 0 Å². The lowest BCUT2D eigenvalue weighted by Crippen LogP contribution is -2.22. The SMILES string of the molecule is Cl.N[C@H](CC=Cc1ccccc1)CC(=O)O. The highest BCUT2D eigenvalue weighted by Crippen LogP contribution is 2.03. The van der Waals surface area contributed by atoms with Gasteiger partial charge in [0.2, 0.25) is 0 Å². The largest absolute Gasteiger partial charge is 0.481 e. The molecule has 0 aliphatic rings. The average molecular weight is 242 g/mol. The van der Waals surface area contributed by atoms with Crippen LogP contribution in [0.1, 0.15) is 18.4 Å². The first kappa shape index (κ1) is 14.7. The quantitative estimate of drug-likeness (QED) is 0.832. The molecule has 1 aromatic carbocycles. The van der Waals surface area contributed by atoms with Crippen LogP contribution in [-0.4, -0.2) is 17.1 Å². The molecular weight excluding hydrogens is 226 g/mol. The number of aliphatic carboxylic acids is 1. The van der Waals surface area contributed by atoms with Gasteiger partial charge in [0, 0.05) is 6.04 Å². The Morgan fingerprint density at radius 3 is 2.56 bits per heavy atom. The third-order valence-corrected chi connectivity index (χ3v) is 1.99. The molecule has 1 atom stereocenters. The highest BCUT2D eigenvalue weighted by molar-refractivity contribution is 5.85. The Morgan fingerprint density at radius 1 is 1.38 bits per heavy atom. The zero-order valence-corrected chi connectivity index (χ0v) is 9.69. The molecule has 3 N–H and O–H groups in total. The van der Waals surface area contributed by atoms with Crippen molar-refractivity contribution < 1.29 is 9.90 Å². The summed E-state index contributed by atoms with van der Waals surface area (Å²) in [7, 11) is 0. The lowest BCUT2D eigenvalue weighted by atomic mass is 10.1. The van der Waals surface area contributed by atoms with Gasteiger partial charge in [0.1, 0.15) is 0 Å². The second-order valence-electron chi connectivity index (χ2n) is 3.41. The number of halogens is 1. The lowest BCUT2D eigenvalue weighted by molar-refractivity contribution is -0.137. The summed E-state index contributed by atoms with van der Waals surface area (Å²) in [5.74, 6) is -0.851. The topological polar surface area (TPSA) is 63.3 Å². The van der Waals surface area contributed by atoms with Crippen molar-refractivity contribution in [1.29, 1.82) is 0 Å². The van der Waals surface area contributed by atoms with E-state index in [-0.39, 0.29) is 24.9 Å². The van der Waals surface area contributed by atoms with Crippen LogP contribution in [0.15, 0.2) is 36.4 Å². The molecule has 0 amide bonds. The number of carbonyl (C=O) groups is 1. The van der Waals surface area contributed by atoms with E-state index in [9.17, 15) is 4.79 Å². The fourth-order valence-corrected chi connectivity index (χ4v) is 1.25. The zero-order chi connectivity index (χ0) is 11.1. The summed E-state index contributed by atoms with van der Waals surface area (Å²) in [6, 6.07) is 9.53. The normalized spacial score (nSPS) is 12.1. The molecule has 0 aromatic heterocycles. The molecule has 3 nitrogen and oxygen atoms in total. The van der Waals surface area contributed by atoms with Crippen molar-refractivity contribution in [2.75, 3.05) is 0 Å². The maximum absolute atomic E-state index is 10.3. The second kappa shape index (κ2) is 7.91. The van der Waals surface area contributed by atoms with Crippen LogP contribution in [0, 0.1) is 0 Å². The fraction of sp³-hybridized carbons (Fsp3) is 0.250. The van der Waals surface area contributed by atoms with Crippen molar-refractivity contribution in [3.05, 3.63) is 42.0 Å². The van der Waals surface area contributed by atoms with Crippen molar-refractivity contribution in [3.8, 4) is 0 Å². The van der Waals surface area contributed by atoms with Crippen molar-refractivity contribution in [3.63, 3.8) is 0 Å². The number of carboxylic acids is 1. The first-order valence-corrected chi connectivity index (χ1v) is 4.87. The minimum atomic E-state index is -0.851. The molecule has 0 fully saturated rings. The van der Waals surface area contributed by atoms with Gasteiger partial charge in [-0.3, -0.25) is 4.79 Å². The molecule has 0 bridgehead atoms. The van der Waals surface area contributed by atoms with Crippen LogP contribution in [-0.2, 0) is 4.79 Å². The Kier molecular flexibility index (Phi) is 7.25.